The minimum absolute atomic E-state index is 0.0300. The zero-order chi connectivity index (χ0) is 16.8. The van der Waals surface area contributed by atoms with Gasteiger partial charge in [-0.05, 0) is 35.7 Å². The number of hydrogen-bond donors (Lipinski definition) is 1. The van der Waals surface area contributed by atoms with Gasteiger partial charge < -0.3 is 10.6 Å². The molecule has 1 aliphatic rings. The largest absolute Gasteiger partial charge is 0.339 e. The summed E-state index contributed by atoms with van der Waals surface area (Å²) in [6.07, 6.45) is 7.64. The summed E-state index contributed by atoms with van der Waals surface area (Å²) in [5.41, 5.74) is 8.34. The Kier molecular flexibility index (Phi) is 5.51. The maximum absolute atomic E-state index is 12.5. The van der Waals surface area contributed by atoms with E-state index in [-0.39, 0.29) is 5.91 Å². The highest BCUT2D eigenvalue weighted by atomic mass is 16.2. The van der Waals surface area contributed by atoms with Gasteiger partial charge in [-0.3, -0.25) is 19.7 Å². The van der Waals surface area contributed by atoms with Crippen molar-refractivity contribution >= 4 is 5.91 Å². The van der Waals surface area contributed by atoms with Crippen LogP contribution in [0.1, 0.15) is 11.1 Å². The molecule has 126 valence electrons. The highest BCUT2D eigenvalue weighted by Gasteiger charge is 2.25. The minimum atomic E-state index is -0.499. The van der Waals surface area contributed by atoms with Crippen LogP contribution in [-0.4, -0.2) is 57.9 Å². The number of carbonyl (C=O) groups excluding carboxylic acids is 1. The molecule has 1 amide bonds. The molecule has 2 N–H and O–H groups in total. The van der Waals surface area contributed by atoms with Crippen LogP contribution in [0.5, 0.6) is 0 Å². The molecule has 2 aromatic heterocycles. The summed E-state index contributed by atoms with van der Waals surface area (Å²) in [6, 6.07) is 7.38. The molecule has 1 saturated heterocycles. The number of rotatable bonds is 5. The van der Waals surface area contributed by atoms with Crippen molar-refractivity contribution in [1.29, 1.82) is 0 Å². The number of hydrogen-bond acceptors (Lipinski definition) is 5. The zero-order valence-corrected chi connectivity index (χ0v) is 13.7. The average Bonchev–Trinajstić information content (AvgIpc) is 2.63. The van der Waals surface area contributed by atoms with Gasteiger partial charge in [-0.25, -0.2) is 0 Å². The number of carbonyl (C=O) groups is 1. The molecule has 1 unspecified atom stereocenters. The fraction of sp³-hybridized carbons (Fsp3) is 0.389. The van der Waals surface area contributed by atoms with Crippen LogP contribution in [-0.2, 0) is 17.8 Å². The molecule has 0 saturated carbocycles. The third kappa shape index (κ3) is 4.37. The molecule has 1 fully saturated rings. The molecular formula is C18H23N5O. The van der Waals surface area contributed by atoms with E-state index < -0.39 is 6.04 Å². The van der Waals surface area contributed by atoms with E-state index in [9.17, 15) is 4.79 Å². The summed E-state index contributed by atoms with van der Waals surface area (Å²) < 4.78 is 0. The van der Waals surface area contributed by atoms with Crippen LogP contribution in [0.15, 0.2) is 49.1 Å². The first-order valence-corrected chi connectivity index (χ1v) is 8.27. The normalized spacial score (nSPS) is 16.8. The summed E-state index contributed by atoms with van der Waals surface area (Å²) in [6.45, 7) is 4.09. The third-order valence-electron chi connectivity index (χ3n) is 4.34. The fourth-order valence-corrected chi connectivity index (χ4v) is 2.97. The van der Waals surface area contributed by atoms with Gasteiger partial charge in [0.05, 0.1) is 6.04 Å². The summed E-state index contributed by atoms with van der Waals surface area (Å²) in [5.74, 6) is 0.0300. The predicted octanol–water partition coefficient (Wildman–Crippen LogP) is 0.691. The second kappa shape index (κ2) is 7.99. The van der Waals surface area contributed by atoms with Gasteiger partial charge in [0.1, 0.15) is 0 Å². The van der Waals surface area contributed by atoms with Gasteiger partial charge in [-0.2, -0.15) is 0 Å². The predicted molar refractivity (Wildman–Crippen MR) is 92.0 cm³/mol. The van der Waals surface area contributed by atoms with Crippen LogP contribution in [0.4, 0.5) is 0 Å². The van der Waals surface area contributed by atoms with Gasteiger partial charge >= 0.3 is 0 Å². The molecular weight excluding hydrogens is 302 g/mol. The third-order valence-corrected chi connectivity index (χ3v) is 4.34. The number of piperazine rings is 1. The molecule has 3 heterocycles. The van der Waals surface area contributed by atoms with Gasteiger partial charge in [0.25, 0.3) is 0 Å². The van der Waals surface area contributed by atoms with E-state index in [4.69, 9.17) is 5.73 Å². The van der Waals surface area contributed by atoms with E-state index in [1.807, 2.05) is 41.6 Å². The van der Waals surface area contributed by atoms with Crippen LogP contribution >= 0.6 is 0 Å². The van der Waals surface area contributed by atoms with Gasteiger partial charge in [-0.1, -0.05) is 6.07 Å². The van der Waals surface area contributed by atoms with Crippen LogP contribution in [0, 0.1) is 0 Å². The molecule has 0 aromatic carbocycles. The molecule has 6 nitrogen and oxygen atoms in total. The van der Waals surface area contributed by atoms with E-state index in [0.29, 0.717) is 6.42 Å². The molecule has 0 radical (unpaired) electrons. The smallest absolute Gasteiger partial charge is 0.239 e. The Hall–Kier alpha value is -2.31. The number of nitrogens with two attached hydrogens (primary N) is 1. The summed E-state index contributed by atoms with van der Waals surface area (Å²) in [5, 5.41) is 0. The maximum atomic E-state index is 12.5. The monoisotopic (exact) mass is 325 g/mol. The van der Waals surface area contributed by atoms with Gasteiger partial charge in [0.15, 0.2) is 0 Å². The molecule has 24 heavy (non-hydrogen) atoms. The van der Waals surface area contributed by atoms with Crippen LogP contribution in [0.2, 0.25) is 0 Å². The Bertz CT molecular complexity index is 641. The molecule has 1 atom stereocenters. The van der Waals surface area contributed by atoms with Crippen molar-refractivity contribution in [2.24, 2.45) is 5.73 Å². The van der Waals surface area contributed by atoms with E-state index in [2.05, 4.69) is 14.9 Å². The first-order chi connectivity index (χ1) is 11.7. The first-order valence-electron chi connectivity index (χ1n) is 8.27. The maximum Gasteiger partial charge on any atom is 0.239 e. The lowest BCUT2D eigenvalue weighted by molar-refractivity contribution is -0.134. The highest BCUT2D eigenvalue weighted by molar-refractivity contribution is 5.82. The first kappa shape index (κ1) is 16.5. The zero-order valence-electron chi connectivity index (χ0n) is 13.7. The molecule has 6 heteroatoms. The summed E-state index contributed by atoms with van der Waals surface area (Å²) >= 11 is 0. The Balaban J connectivity index is 1.48. The Morgan fingerprint density at radius 2 is 1.79 bits per heavy atom. The minimum Gasteiger partial charge on any atom is -0.339 e. The molecule has 0 spiro atoms. The van der Waals surface area contributed by atoms with E-state index in [1.54, 1.807) is 12.4 Å². The average molecular weight is 325 g/mol. The fourth-order valence-electron chi connectivity index (χ4n) is 2.97. The van der Waals surface area contributed by atoms with Crippen LogP contribution < -0.4 is 5.73 Å². The molecule has 0 bridgehead atoms. The summed E-state index contributed by atoms with van der Waals surface area (Å²) in [4.78, 5) is 24.9. The van der Waals surface area contributed by atoms with Crippen molar-refractivity contribution in [3.05, 3.63) is 60.2 Å². The van der Waals surface area contributed by atoms with Gasteiger partial charge in [0, 0.05) is 57.5 Å². The Morgan fingerprint density at radius 3 is 2.46 bits per heavy atom. The van der Waals surface area contributed by atoms with Crippen molar-refractivity contribution < 1.29 is 4.79 Å². The molecule has 0 aliphatic carbocycles. The van der Waals surface area contributed by atoms with Crippen molar-refractivity contribution in [2.45, 2.75) is 19.0 Å². The number of pyridine rings is 2. The Morgan fingerprint density at radius 1 is 1.04 bits per heavy atom. The summed E-state index contributed by atoms with van der Waals surface area (Å²) in [7, 11) is 0. The number of nitrogens with zero attached hydrogens (tertiary/aromatic N) is 4. The second-order valence-electron chi connectivity index (χ2n) is 6.13. The highest BCUT2D eigenvalue weighted by Crippen LogP contribution is 2.10. The topological polar surface area (TPSA) is 75.3 Å². The van der Waals surface area contributed by atoms with Gasteiger partial charge in [-0.15, -0.1) is 0 Å². The number of amides is 1. The van der Waals surface area contributed by atoms with E-state index >= 15 is 0 Å². The van der Waals surface area contributed by atoms with E-state index in [0.717, 1.165) is 38.3 Å². The standard InChI is InChI=1S/C18H23N5O/c19-17(12-16-2-1-5-21-13-16)18(24)23-10-8-22(9-11-23)14-15-3-6-20-7-4-15/h1-7,13,17H,8-12,14,19H2. The molecule has 1 aliphatic heterocycles. The second-order valence-corrected chi connectivity index (χ2v) is 6.13. The number of aromatic nitrogens is 2. The lowest BCUT2D eigenvalue weighted by atomic mass is 10.1. The van der Waals surface area contributed by atoms with E-state index in [1.165, 1.54) is 5.56 Å². The van der Waals surface area contributed by atoms with Crippen LogP contribution in [0.3, 0.4) is 0 Å². The lowest BCUT2D eigenvalue weighted by Gasteiger charge is -2.36. The molecule has 3 rings (SSSR count). The van der Waals surface area contributed by atoms with Crippen molar-refractivity contribution in [2.75, 3.05) is 26.2 Å². The van der Waals surface area contributed by atoms with Crippen LogP contribution in [0.25, 0.3) is 0 Å². The van der Waals surface area contributed by atoms with Gasteiger partial charge in [0.2, 0.25) is 5.91 Å². The van der Waals surface area contributed by atoms with Crippen molar-refractivity contribution in [3.8, 4) is 0 Å². The lowest BCUT2D eigenvalue weighted by Crippen LogP contribution is -2.53. The molecule has 2 aromatic rings. The quantitative estimate of drug-likeness (QED) is 0.875. The van der Waals surface area contributed by atoms with Crippen molar-refractivity contribution in [1.82, 2.24) is 19.8 Å². The van der Waals surface area contributed by atoms with Crippen molar-refractivity contribution in [3.63, 3.8) is 0 Å². The Labute approximate surface area is 142 Å². The SMILES string of the molecule is NC(Cc1cccnc1)C(=O)N1CCN(Cc2ccncc2)CC1.